The lowest BCUT2D eigenvalue weighted by Gasteiger charge is -2.34. The summed E-state index contributed by atoms with van der Waals surface area (Å²) >= 11 is 1.85. The van der Waals surface area contributed by atoms with Gasteiger partial charge in [0.15, 0.2) is 0 Å². The molecule has 0 N–H and O–H groups in total. The van der Waals surface area contributed by atoms with E-state index in [2.05, 4.69) is 34.1 Å². The zero-order valence-electron chi connectivity index (χ0n) is 15.8. The molecule has 2 aliphatic carbocycles. The average molecular weight is 385 g/mol. The number of amides is 2. The molecule has 0 radical (unpaired) electrons. The van der Waals surface area contributed by atoms with Gasteiger partial charge in [-0.2, -0.15) is 0 Å². The van der Waals surface area contributed by atoms with E-state index < -0.39 is 0 Å². The molecule has 5 rings (SSSR count). The van der Waals surface area contributed by atoms with Gasteiger partial charge in [-0.05, 0) is 37.2 Å². The zero-order valence-corrected chi connectivity index (χ0v) is 16.6. The molecular formula is C22H28N2O2S. The molecule has 4 nitrogen and oxygen atoms in total. The maximum absolute atomic E-state index is 13.0. The summed E-state index contributed by atoms with van der Waals surface area (Å²) in [5.41, 5.74) is 1.29. The Hall–Kier alpha value is -1.49. The highest BCUT2D eigenvalue weighted by Gasteiger charge is 2.52. The van der Waals surface area contributed by atoms with Crippen molar-refractivity contribution in [2.24, 2.45) is 5.92 Å². The Balaban J connectivity index is 1.13. The Labute approximate surface area is 165 Å². The highest BCUT2D eigenvalue weighted by molar-refractivity contribution is 8.00. The Morgan fingerprint density at radius 1 is 0.963 bits per heavy atom. The number of hydrogen-bond acceptors (Lipinski definition) is 3. The number of nitrogens with zero attached hydrogens (tertiary/aromatic N) is 2. The molecule has 144 valence electrons. The highest BCUT2D eigenvalue weighted by Crippen LogP contribution is 2.49. The molecule has 2 heterocycles. The molecule has 5 heteroatoms. The summed E-state index contributed by atoms with van der Waals surface area (Å²) in [6, 6.07) is 10.9. The molecular weight excluding hydrogens is 356 g/mol. The van der Waals surface area contributed by atoms with Crippen LogP contribution in [0.25, 0.3) is 0 Å². The molecule has 2 saturated heterocycles. The van der Waals surface area contributed by atoms with Crippen LogP contribution in [0.2, 0.25) is 0 Å². The second-order valence-corrected chi connectivity index (χ2v) is 9.95. The van der Waals surface area contributed by atoms with E-state index in [1.54, 1.807) is 0 Å². The third kappa shape index (κ3) is 3.39. The van der Waals surface area contributed by atoms with E-state index in [0.29, 0.717) is 28.7 Å². The van der Waals surface area contributed by atoms with Gasteiger partial charge in [0.2, 0.25) is 11.8 Å². The van der Waals surface area contributed by atoms with Crippen molar-refractivity contribution in [2.45, 2.75) is 61.8 Å². The third-order valence-corrected chi connectivity index (χ3v) is 8.28. The van der Waals surface area contributed by atoms with Crippen LogP contribution in [0.1, 0.15) is 50.0 Å². The van der Waals surface area contributed by atoms with Crippen LogP contribution in [0.3, 0.4) is 0 Å². The van der Waals surface area contributed by atoms with Crippen LogP contribution in [0, 0.1) is 5.92 Å². The van der Waals surface area contributed by atoms with Crippen molar-refractivity contribution >= 4 is 23.6 Å². The Morgan fingerprint density at radius 2 is 1.67 bits per heavy atom. The van der Waals surface area contributed by atoms with E-state index in [1.807, 2.05) is 17.8 Å². The van der Waals surface area contributed by atoms with Crippen molar-refractivity contribution in [1.29, 1.82) is 0 Å². The molecule has 4 atom stereocenters. The van der Waals surface area contributed by atoms with Crippen molar-refractivity contribution in [2.75, 3.05) is 18.8 Å². The normalized spacial score (nSPS) is 32.3. The standard InChI is InChI=1S/C22H28N2O2S/c25-21(14-27-18-8-4-5-9-18)23-12-17-10-16(23)13-24(17)22(26)20-11-19(20)15-6-2-1-3-7-15/h1-3,6-7,16-20H,4-5,8-14H2/t16?,17?,19-,20+/m1/s1. The van der Waals surface area contributed by atoms with E-state index in [1.165, 1.54) is 31.2 Å². The summed E-state index contributed by atoms with van der Waals surface area (Å²) in [6.45, 7) is 1.50. The molecule has 1 aromatic rings. The van der Waals surface area contributed by atoms with Crippen molar-refractivity contribution in [3.05, 3.63) is 35.9 Å². The molecule has 0 spiro atoms. The fourth-order valence-corrected chi connectivity index (χ4v) is 6.53. The number of benzene rings is 1. The van der Waals surface area contributed by atoms with Gasteiger partial charge in [-0.15, -0.1) is 11.8 Å². The van der Waals surface area contributed by atoms with E-state index >= 15 is 0 Å². The zero-order chi connectivity index (χ0) is 18.4. The molecule has 2 saturated carbocycles. The summed E-state index contributed by atoms with van der Waals surface area (Å²) in [5.74, 6) is 1.80. The number of piperazine rings is 1. The predicted molar refractivity (Wildman–Crippen MR) is 108 cm³/mol. The molecule has 4 aliphatic rings. The smallest absolute Gasteiger partial charge is 0.232 e. The number of carbonyl (C=O) groups is 2. The Morgan fingerprint density at radius 3 is 2.37 bits per heavy atom. The van der Waals surface area contributed by atoms with E-state index in [4.69, 9.17) is 0 Å². The second kappa shape index (κ2) is 7.16. The molecule has 4 fully saturated rings. The maximum atomic E-state index is 13.0. The molecule has 2 aliphatic heterocycles. The topological polar surface area (TPSA) is 40.6 Å². The van der Waals surface area contributed by atoms with Crippen molar-refractivity contribution in [1.82, 2.24) is 9.80 Å². The monoisotopic (exact) mass is 384 g/mol. The number of rotatable bonds is 5. The van der Waals surface area contributed by atoms with Gasteiger partial charge in [0, 0.05) is 24.3 Å². The fraction of sp³-hybridized carbons (Fsp3) is 0.636. The first-order valence-electron chi connectivity index (χ1n) is 10.5. The van der Waals surface area contributed by atoms with Crippen LogP contribution in [0.15, 0.2) is 30.3 Å². The lowest BCUT2D eigenvalue weighted by molar-refractivity contribution is -0.139. The second-order valence-electron chi connectivity index (χ2n) is 8.66. The molecule has 2 amide bonds. The van der Waals surface area contributed by atoms with Gasteiger partial charge in [0.25, 0.3) is 0 Å². The van der Waals surface area contributed by atoms with Crippen molar-refractivity contribution in [3.8, 4) is 0 Å². The van der Waals surface area contributed by atoms with E-state index in [0.717, 1.165) is 25.9 Å². The summed E-state index contributed by atoms with van der Waals surface area (Å²) in [5, 5.41) is 0.691. The molecule has 0 aromatic heterocycles. The Bertz CT molecular complexity index is 718. The quantitative estimate of drug-likeness (QED) is 0.782. The number of carbonyl (C=O) groups excluding carboxylic acids is 2. The Kier molecular flexibility index (Phi) is 4.66. The number of likely N-dealkylation sites (tertiary alicyclic amines) is 2. The van der Waals surface area contributed by atoms with Crippen LogP contribution < -0.4 is 0 Å². The van der Waals surface area contributed by atoms with Crippen LogP contribution in [0.4, 0.5) is 0 Å². The predicted octanol–water partition coefficient (Wildman–Crippen LogP) is 3.28. The minimum atomic E-state index is 0.161. The van der Waals surface area contributed by atoms with Crippen molar-refractivity contribution < 1.29 is 9.59 Å². The molecule has 2 unspecified atom stereocenters. The van der Waals surface area contributed by atoms with Crippen LogP contribution in [-0.4, -0.2) is 57.8 Å². The van der Waals surface area contributed by atoms with Crippen LogP contribution in [0.5, 0.6) is 0 Å². The lowest BCUT2D eigenvalue weighted by Crippen LogP contribution is -2.51. The summed E-state index contributed by atoms with van der Waals surface area (Å²) < 4.78 is 0. The highest BCUT2D eigenvalue weighted by atomic mass is 32.2. The first kappa shape index (κ1) is 17.6. The van der Waals surface area contributed by atoms with E-state index in [9.17, 15) is 9.59 Å². The third-order valence-electron chi connectivity index (χ3n) is 6.92. The van der Waals surface area contributed by atoms with Gasteiger partial charge in [-0.25, -0.2) is 0 Å². The van der Waals surface area contributed by atoms with Crippen LogP contribution in [-0.2, 0) is 9.59 Å². The summed E-state index contributed by atoms with van der Waals surface area (Å²) in [4.78, 5) is 29.8. The lowest BCUT2D eigenvalue weighted by atomic mass is 10.1. The average Bonchev–Trinajstić information content (AvgIpc) is 3.05. The van der Waals surface area contributed by atoms with Gasteiger partial charge in [0.1, 0.15) is 0 Å². The minimum Gasteiger partial charge on any atom is -0.336 e. The number of thioether (sulfide) groups is 1. The number of hydrogen-bond donors (Lipinski definition) is 0. The van der Waals surface area contributed by atoms with Gasteiger partial charge in [-0.3, -0.25) is 9.59 Å². The van der Waals surface area contributed by atoms with Gasteiger partial charge in [-0.1, -0.05) is 43.2 Å². The molecule has 2 bridgehead atoms. The van der Waals surface area contributed by atoms with Crippen molar-refractivity contribution in [3.63, 3.8) is 0 Å². The minimum absolute atomic E-state index is 0.161. The maximum Gasteiger partial charge on any atom is 0.232 e. The van der Waals surface area contributed by atoms with Gasteiger partial charge < -0.3 is 9.80 Å². The SMILES string of the molecule is O=C(CSC1CCCC1)N1CC2CC1CN2C(=O)[C@H]1C[C@@H]1c1ccccc1. The summed E-state index contributed by atoms with van der Waals surface area (Å²) in [6.07, 6.45) is 7.16. The molecule has 27 heavy (non-hydrogen) atoms. The largest absolute Gasteiger partial charge is 0.336 e. The van der Waals surface area contributed by atoms with Gasteiger partial charge in [0.05, 0.1) is 17.8 Å². The molecule has 1 aromatic carbocycles. The van der Waals surface area contributed by atoms with Gasteiger partial charge >= 0.3 is 0 Å². The van der Waals surface area contributed by atoms with Crippen LogP contribution >= 0.6 is 11.8 Å². The first-order valence-corrected chi connectivity index (χ1v) is 11.5. The number of fused-ring (bicyclic) bond motifs is 2. The first-order chi connectivity index (χ1) is 13.2. The fourth-order valence-electron chi connectivity index (χ4n) is 5.32. The van der Waals surface area contributed by atoms with E-state index in [-0.39, 0.29) is 18.0 Å². The summed E-state index contributed by atoms with van der Waals surface area (Å²) in [7, 11) is 0.